The summed E-state index contributed by atoms with van der Waals surface area (Å²) in [5.74, 6) is 0.0864. The van der Waals surface area contributed by atoms with Gasteiger partial charge in [0.05, 0.1) is 0 Å². The second-order valence-corrected chi connectivity index (χ2v) is 6.14. The minimum absolute atomic E-state index is 0.104. The van der Waals surface area contributed by atoms with Crippen molar-refractivity contribution in [3.63, 3.8) is 0 Å². The van der Waals surface area contributed by atoms with Gasteiger partial charge in [-0.25, -0.2) is 0 Å². The molecule has 21 heavy (non-hydrogen) atoms. The number of rotatable bonds is 8. The molecule has 0 aliphatic heterocycles. The van der Waals surface area contributed by atoms with Crippen molar-refractivity contribution in [3.8, 4) is 5.75 Å². The number of ether oxygens (including phenoxy) is 1. The van der Waals surface area contributed by atoms with Crippen LogP contribution in [0.15, 0.2) is 24.3 Å². The van der Waals surface area contributed by atoms with Crippen molar-refractivity contribution >= 4 is 5.97 Å². The maximum absolute atomic E-state index is 11.8. The van der Waals surface area contributed by atoms with Crippen LogP contribution in [-0.4, -0.2) is 29.3 Å². The van der Waals surface area contributed by atoms with Gasteiger partial charge in [0.1, 0.15) is 12.4 Å². The van der Waals surface area contributed by atoms with E-state index in [-0.39, 0.29) is 18.6 Å². The molecule has 1 aliphatic carbocycles. The van der Waals surface area contributed by atoms with Crippen molar-refractivity contribution in [2.75, 3.05) is 6.61 Å². The Morgan fingerprint density at radius 1 is 1.48 bits per heavy atom. The number of aliphatic carboxylic acids is 1. The topological polar surface area (TPSA) is 58.6 Å². The van der Waals surface area contributed by atoms with Crippen molar-refractivity contribution in [1.82, 2.24) is 5.32 Å². The smallest absolute Gasteiger partial charge is 0.327 e. The molecule has 116 valence electrons. The number of hydrogen-bond acceptors (Lipinski definition) is 3. The summed E-state index contributed by atoms with van der Waals surface area (Å²) in [6.45, 7) is 6.19. The van der Waals surface area contributed by atoms with Crippen LogP contribution in [0.1, 0.15) is 39.2 Å². The SMILES string of the molecule is CCc1cccc(OCC(NC(C)C)(C(=O)O)C2CC2)c1. The third-order valence-electron chi connectivity index (χ3n) is 3.98. The van der Waals surface area contributed by atoms with E-state index in [2.05, 4.69) is 12.2 Å². The predicted octanol–water partition coefficient (Wildman–Crippen LogP) is 2.86. The lowest BCUT2D eigenvalue weighted by Gasteiger charge is -2.32. The van der Waals surface area contributed by atoms with Crippen molar-refractivity contribution in [1.29, 1.82) is 0 Å². The fourth-order valence-corrected chi connectivity index (χ4v) is 2.72. The number of carbonyl (C=O) groups is 1. The normalized spacial score (nSPS) is 17.5. The van der Waals surface area contributed by atoms with Crippen molar-refractivity contribution in [2.45, 2.75) is 51.6 Å². The van der Waals surface area contributed by atoms with Gasteiger partial charge >= 0.3 is 5.97 Å². The molecule has 1 aromatic carbocycles. The molecule has 1 unspecified atom stereocenters. The highest BCUT2D eigenvalue weighted by Gasteiger charge is 2.52. The highest BCUT2D eigenvalue weighted by Crippen LogP contribution is 2.40. The Bertz CT molecular complexity index is 497. The first kappa shape index (κ1) is 15.8. The maximum atomic E-state index is 11.8. The Morgan fingerprint density at radius 3 is 2.71 bits per heavy atom. The van der Waals surface area contributed by atoms with Gasteiger partial charge in [0.15, 0.2) is 5.54 Å². The highest BCUT2D eigenvalue weighted by atomic mass is 16.5. The maximum Gasteiger partial charge on any atom is 0.327 e. The molecule has 0 bridgehead atoms. The van der Waals surface area contributed by atoms with Crippen LogP contribution in [0.2, 0.25) is 0 Å². The van der Waals surface area contributed by atoms with Gasteiger partial charge in [0.25, 0.3) is 0 Å². The average molecular weight is 291 g/mol. The van der Waals surface area contributed by atoms with Crippen molar-refractivity contribution < 1.29 is 14.6 Å². The lowest BCUT2D eigenvalue weighted by Crippen LogP contribution is -2.60. The van der Waals surface area contributed by atoms with Gasteiger partial charge in [-0.05, 0) is 56.7 Å². The van der Waals surface area contributed by atoms with E-state index in [4.69, 9.17) is 4.74 Å². The van der Waals surface area contributed by atoms with Gasteiger partial charge in [-0.3, -0.25) is 10.1 Å². The highest BCUT2D eigenvalue weighted by molar-refractivity contribution is 5.80. The summed E-state index contributed by atoms with van der Waals surface area (Å²) in [6, 6.07) is 7.96. The van der Waals surface area contributed by atoms with Gasteiger partial charge in [-0.1, -0.05) is 19.1 Å². The molecule has 1 atom stereocenters. The molecule has 2 N–H and O–H groups in total. The molecule has 0 amide bonds. The third kappa shape index (κ3) is 3.76. The largest absolute Gasteiger partial charge is 0.491 e. The van der Waals surface area contributed by atoms with Crippen LogP contribution >= 0.6 is 0 Å². The average Bonchev–Trinajstić information content (AvgIpc) is 3.28. The van der Waals surface area contributed by atoms with Gasteiger partial charge in [0, 0.05) is 6.04 Å². The van der Waals surface area contributed by atoms with E-state index in [1.807, 2.05) is 38.1 Å². The molecular formula is C17H25NO3. The Balaban J connectivity index is 2.13. The first-order valence-corrected chi connectivity index (χ1v) is 7.70. The van der Waals surface area contributed by atoms with Crippen LogP contribution in [0.3, 0.4) is 0 Å². The monoisotopic (exact) mass is 291 g/mol. The van der Waals surface area contributed by atoms with Crippen LogP contribution in [0, 0.1) is 5.92 Å². The van der Waals surface area contributed by atoms with Crippen LogP contribution in [0.4, 0.5) is 0 Å². The Kier molecular flexibility index (Phi) is 4.88. The summed E-state index contributed by atoms with van der Waals surface area (Å²) in [5, 5.41) is 12.9. The zero-order valence-electron chi connectivity index (χ0n) is 13.1. The van der Waals surface area contributed by atoms with E-state index in [1.54, 1.807) is 0 Å². The van der Waals surface area contributed by atoms with E-state index >= 15 is 0 Å². The Labute approximate surface area is 126 Å². The zero-order valence-corrected chi connectivity index (χ0v) is 13.1. The molecule has 1 saturated carbocycles. The number of benzene rings is 1. The van der Waals surface area contributed by atoms with Crippen LogP contribution in [-0.2, 0) is 11.2 Å². The van der Waals surface area contributed by atoms with Gasteiger partial charge in [-0.15, -0.1) is 0 Å². The minimum atomic E-state index is -0.976. The fraction of sp³-hybridized carbons (Fsp3) is 0.588. The van der Waals surface area contributed by atoms with Crippen molar-refractivity contribution in [2.24, 2.45) is 5.92 Å². The second kappa shape index (κ2) is 6.48. The minimum Gasteiger partial charge on any atom is -0.491 e. The van der Waals surface area contributed by atoms with Gasteiger partial charge in [-0.2, -0.15) is 0 Å². The van der Waals surface area contributed by atoms with Crippen LogP contribution < -0.4 is 10.1 Å². The van der Waals surface area contributed by atoms with E-state index in [9.17, 15) is 9.90 Å². The molecule has 0 aromatic heterocycles. The number of nitrogens with one attached hydrogen (secondary N) is 1. The van der Waals surface area contributed by atoms with Crippen LogP contribution in [0.5, 0.6) is 5.75 Å². The first-order valence-electron chi connectivity index (χ1n) is 7.70. The Morgan fingerprint density at radius 2 is 2.19 bits per heavy atom. The molecule has 2 rings (SSSR count). The van der Waals surface area contributed by atoms with Gasteiger partial charge < -0.3 is 9.84 Å². The molecule has 1 aliphatic rings. The van der Waals surface area contributed by atoms with E-state index in [0.717, 1.165) is 25.0 Å². The standard InChI is InChI=1S/C17H25NO3/c1-4-13-6-5-7-15(10-13)21-11-17(16(19)20,14-8-9-14)18-12(2)3/h5-7,10,12,14,18H,4,8-9,11H2,1-3H3,(H,19,20). The van der Waals surface area contributed by atoms with E-state index in [0.29, 0.717) is 0 Å². The molecule has 0 spiro atoms. The van der Waals surface area contributed by atoms with Gasteiger partial charge in [0.2, 0.25) is 0 Å². The second-order valence-electron chi connectivity index (χ2n) is 6.14. The van der Waals surface area contributed by atoms with E-state index < -0.39 is 11.5 Å². The number of carboxylic acid groups (broad SMARTS) is 1. The molecule has 4 heteroatoms. The molecule has 1 aromatic rings. The number of aryl methyl sites for hydroxylation is 1. The molecule has 0 heterocycles. The third-order valence-corrected chi connectivity index (χ3v) is 3.98. The summed E-state index contributed by atoms with van der Waals surface area (Å²) in [5.41, 5.74) is 0.216. The molecule has 0 radical (unpaired) electrons. The van der Waals surface area contributed by atoms with E-state index in [1.165, 1.54) is 5.56 Å². The molecule has 4 nitrogen and oxygen atoms in total. The fourth-order valence-electron chi connectivity index (χ4n) is 2.72. The van der Waals surface area contributed by atoms with Crippen molar-refractivity contribution in [3.05, 3.63) is 29.8 Å². The quantitative estimate of drug-likeness (QED) is 0.773. The summed E-state index contributed by atoms with van der Waals surface area (Å²) in [7, 11) is 0. The molecular weight excluding hydrogens is 266 g/mol. The lowest BCUT2D eigenvalue weighted by molar-refractivity contribution is -0.148. The Hall–Kier alpha value is -1.55. The molecule has 0 saturated heterocycles. The van der Waals surface area contributed by atoms with Crippen LogP contribution in [0.25, 0.3) is 0 Å². The molecule has 1 fully saturated rings. The summed E-state index contributed by atoms with van der Waals surface area (Å²) >= 11 is 0. The number of hydrogen-bond donors (Lipinski definition) is 2. The summed E-state index contributed by atoms with van der Waals surface area (Å²) in [6.07, 6.45) is 2.84. The zero-order chi connectivity index (χ0) is 15.5. The summed E-state index contributed by atoms with van der Waals surface area (Å²) in [4.78, 5) is 11.8. The summed E-state index contributed by atoms with van der Waals surface area (Å²) < 4.78 is 5.83. The predicted molar refractivity (Wildman–Crippen MR) is 82.7 cm³/mol. The first-order chi connectivity index (χ1) is 9.98. The lowest BCUT2D eigenvalue weighted by atomic mass is 9.93. The number of carboxylic acids is 1.